The third-order valence-corrected chi connectivity index (χ3v) is 3.98. The lowest BCUT2D eigenvalue weighted by molar-refractivity contribution is 0.277. The van der Waals surface area contributed by atoms with Gasteiger partial charge in [0.15, 0.2) is 0 Å². The summed E-state index contributed by atoms with van der Waals surface area (Å²) < 4.78 is -0.792. The molecule has 5 heteroatoms. The first-order chi connectivity index (χ1) is 6.89. The van der Waals surface area contributed by atoms with E-state index in [1.807, 2.05) is 6.92 Å². The number of aliphatic hydroxyl groups excluding tert-OH is 1. The average molecular weight is 296 g/mol. The van der Waals surface area contributed by atoms with Gasteiger partial charge < -0.3 is 5.11 Å². The molecule has 15 heavy (non-hydrogen) atoms. The minimum Gasteiger partial charge on any atom is -0.396 e. The Hall–Kier alpha value is 1.12. The minimum absolute atomic E-state index is 0.0227. The molecule has 1 N–H and O–H groups in total. The van der Waals surface area contributed by atoms with Crippen molar-refractivity contribution in [1.82, 2.24) is 0 Å². The van der Waals surface area contributed by atoms with Crippen molar-refractivity contribution < 1.29 is 5.11 Å². The van der Waals surface area contributed by atoms with Gasteiger partial charge in [-0.3, -0.25) is 0 Å². The molecule has 0 aliphatic rings. The first kappa shape index (κ1) is 16.1. The summed E-state index contributed by atoms with van der Waals surface area (Å²) in [6, 6.07) is 0. The van der Waals surface area contributed by atoms with Crippen LogP contribution in [0.25, 0.3) is 0 Å². The van der Waals surface area contributed by atoms with Crippen molar-refractivity contribution in [2.75, 3.05) is 6.61 Å². The van der Waals surface area contributed by atoms with E-state index in [2.05, 4.69) is 0 Å². The Balaban J connectivity index is 3.53. The van der Waals surface area contributed by atoms with Crippen LogP contribution in [0.15, 0.2) is 0 Å². The zero-order chi connectivity index (χ0) is 11.9. The summed E-state index contributed by atoms with van der Waals surface area (Å²) >= 11 is 23.4. The van der Waals surface area contributed by atoms with Crippen LogP contribution < -0.4 is 0 Å². The number of hydrogen-bond donors (Lipinski definition) is 1. The van der Waals surface area contributed by atoms with E-state index >= 15 is 0 Å². The van der Waals surface area contributed by atoms with Gasteiger partial charge in [-0.05, 0) is 18.8 Å². The smallest absolute Gasteiger partial charge is 0.120 e. The lowest BCUT2D eigenvalue weighted by atomic mass is 10.0. The van der Waals surface area contributed by atoms with E-state index in [9.17, 15) is 0 Å². The highest BCUT2D eigenvalue weighted by atomic mass is 35.5. The van der Waals surface area contributed by atoms with Gasteiger partial charge in [0.1, 0.15) is 9.17 Å². The lowest BCUT2D eigenvalue weighted by Crippen LogP contribution is -2.14. The van der Waals surface area contributed by atoms with Crippen molar-refractivity contribution in [3.63, 3.8) is 0 Å². The normalized spacial score (nSPS) is 14.6. The number of aliphatic hydroxyl groups is 1. The van der Waals surface area contributed by atoms with E-state index in [4.69, 9.17) is 51.5 Å². The predicted octanol–water partition coefficient (Wildman–Crippen LogP) is 4.54. The Kier molecular flexibility index (Phi) is 8.86. The maximum absolute atomic E-state index is 8.72. The molecule has 1 nitrogen and oxygen atoms in total. The monoisotopic (exact) mass is 294 g/mol. The van der Waals surface area contributed by atoms with Crippen molar-refractivity contribution in [2.24, 2.45) is 5.92 Å². The van der Waals surface area contributed by atoms with Crippen LogP contribution in [-0.2, 0) is 0 Å². The van der Waals surface area contributed by atoms with Gasteiger partial charge in [0.25, 0.3) is 0 Å². The van der Waals surface area contributed by atoms with E-state index in [-0.39, 0.29) is 11.4 Å². The summed E-state index contributed by atoms with van der Waals surface area (Å²) in [6.45, 7) is 2.04. The van der Waals surface area contributed by atoms with Gasteiger partial charge in [0, 0.05) is 13.0 Å². The van der Waals surface area contributed by atoms with Crippen molar-refractivity contribution in [3.05, 3.63) is 0 Å². The van der Waals surface area contributed by atoms with Gasteiger partial charge >= 0.3 is 0 Å². The molecule has 0 amide bonds. The summed E-state index contributed by atoms with van der Waals surface area (Å²) in [7, 11) is 0. The topological polar surface area (TPSA) is 20.2 Å². The highest BCUT2D eigenvalue weighted by Crippen LogP contribution is 2.32. The molecule has 1 unspecified atom stereocenters. The Labute approximate surface area is 112 Å². The Bertz CT molecular complexity index is 162. The van der Waals surface area contributed by atoms with Crippen molar-refractivity contribution >= 4 is 46.4 Å². The van der Waals surface area contributed by atoms with Crippen molar-refractivity contribution in [1.29, 1.82) is 0 Å². The molecule has 92 valence electrons. The fraction of sp³-hybridized carbons (Fsp3) is 1.00. The molecule has 1 atom stereocenters. The van der Waals surface area contributed by atoms with Crippen LogP contribution in [0.3, 0.4) is 0 Å². The van der Waals surface area contributed by atoms with E-state index < -0.39 is 4.33 Å². The number of unbranched alkanes of at least 4 members (excludes halogenated alkanes) is 1. The molecular weight excluding hydrogens is 278 g/mol. The Morgan fingerprint density at radius 2 is 1.73 bits per heavy atom. The fourth-order valence-corrected chi connectivity index (χ4v) is 1.95. The van der Waals surface area contributed by atoms with Crippen molar-refractivity contribution in [2.45, 2.75) is 48.2 Å². The third kappa shape index (κ3) is 8.88. The zero-order valence-electron chi connectivity index (χ0n) is 8.86. The van der Waals surface area contributed by atoms with Crippen LogP contribution in [0.5, 0.6) is 0 Å². The van der Waals surface area contributed by atoms with Gasteiger partial charge in [-0.25, -0.2) is 0 Å². The second-order valence-corrected chi connectivity index (χ2v) is 6.69. The average Bonchev–Trinajstić information content (AvgIpc) is 2.11. The molecule has 0 radical (unpaired) electrons. The number of hydrogen-bond acceptors (Lipinski definition) is 1. The first-order valence-corrected chi connectivity index (χ1v) is 6.79. The van der Waals surface area contributed by atoms with Gasteiger partial charge in [-0.15, -0.1) is 46.4 Å². The molecule has 0 aliphatic heterocycles. The standard InChI is InChI=1S/C10H18Cl4O/c1-8(9(11)12)4-2-3-5-10(13,14)6-7-15/h8-9,15H,2-7H2,1H3. The SMILES string of the molecule is CC(CCCCC(Cl)(Cl)CCO)C(Cl)Cl. The van der Waals surface area contributed by atoms with Gasteiger partial charge in [0.05, 0.1) is 0 Å². The van der Waals surface area contributed by atoms with E-state index in [0.717, 1.165) is 19.3 Å². The molecule has 0 bridgehead atoms. The highest BCUT2D eigenvalue weighted by molar-refractivity contribution is 6.48. The summed E-state index contributed by atoms with van der Waals surface area (Å²) in [6.07, 6.45) is 4.01. The summed E-state index contributed by atoms with van der Waals surface area (Å²) in [5.41, 5.74) is 0. The second-order valence-electron chi connectivity index (χ2n) is 3.89. The predicted molar refractivity (Wildman–Crippen MR) is 69.3 cm³/mol. The van der Waals surface area contributed by atoms with Gasteiger partial charge in [-0.1, -0.05) is 19.8 Å². The van der Waals surface area contributed by atoms with Crippen LogP contribution >= 0.6 is 46.4 Å². The maximum Gasteiger partial charge on any atom is 0.120 e. The van der Waals surface area contributed by atoms with Crippen LogP contribution in [0.2, 0.25) is 0 Å². The molecule has 0 rings (SSSR count). The Morgan fingerprint density at radius 1 is 1.13 bits per heavy atom. The molecule has 0 heterocycles. The summed E-state index contributed by atoms with van der Waals surface area (Å²) in [5, 5.41) is 8.72. The van der Waals surface area contributed by atoms with Gasteiger partial charge in [0.2, 0.25) is 0 Å². The molecule has 0 aliphatic carbocycles. The van der Waals surface area contributed by atoms with E-state index in [1.165, 1.54) is 0 Å². The van der Waals surface area contributed by atoms with Crippen LogP contribution in [0.4, 0.5) is 0 Å². The van der Waals surface area contributed by atoms with Crippen LogP contribution in [-0.4, -0.2) is 20.9 Å². The Morgan fingerprint density at radius 3 is 2.20 bits per heavy atom. The molecule has 0 aromatic rings. The minimum atomic E-state index is -0.792. The molecule has 0 aromatic heterocycles. The quantitative estimate of drug-likeness (QED) is 0.515. The van der Waals surface area contributed by atoms with Crippen molar-refractivity contribution in [3.8, 4) is 0 Å². The third-order valence-electron chi connectivity index (χ3n) is 2.36. The van der Waals surface area contributed by atoms with E-state index in [0.29, 0.717) is 18.8 Å². The first-order valence-electron chi connectivity index (χ1n) is 5.16. The number of alkyl halides is 4. The molecule has 0 saturated heterocycles. The summed E-state index contributed by atoms with van der Waals surface area (Å²) in [4.78, 5) is -0.306. The van der Waals surface area contributed by atoms with Crippen LogP contribution in [0.1, 0.15) is 39.0 Å². The zero-order valence-corrected chi connectivity index (χ0v) is 11.9. The highest BCUT2D eigenvalue weighted by Gasteiger charge is 2.22. The lowest BCUT2D eigenvalue weighted by Gasteiger charge is -2.18. The largest absolute Gasteiger partial charge is 0.396 e. The summed E-state index contributed by atoms with van der Waals surface area (Å²) in [5.74, 6) is 0.297. The molecule has 0 spiro atoms. The number of rotatable bonds is 8. The fourth-order valence-electron chi connectivity index (χ4n) is 1.26. The number of halogens is 4. The van der Waals surface area contributed by atoms with E-state index in [1.54, 1.807) is 0 Å². The molecule has 0 fully saturated rings. The molecular formula is C10H18Cl4O. The van der Waals surface area contributed by atoms with Gasteiger partial charge in [-0.2, -0.15) is 0 Å². The molecule has 0 saturated carbocycles. The second kappa shape index (κ2) is 8.25. The van der Waals surface area contributed by atoms with Crippen LogP contribution in [0, 0.1) is 5.92 Å². The maximum atomic E-state index is 8.72. The molecule has 0 aromatic carbocycles.